The monoisotopic (exact) mass is 289 g/mol. The summed E-state index contributed by atoms with van der Waals surface area (Å²) in [6.45, 7) is 3.56. The van der Waals surface area contributed by atoms with E-state index >= 15 is 0 Å². The molecule has 21 heavy (non-hydrogen) atoms. The average molecular weight is 289 g/mol. The molecule has 114 valence electrons. The van der Waals surface area contributed by atoms with Gasteiger partial charge in [-0.15, -0.1) is 0 Å². The number of aliphatic hydroxyl groups is 1. The molecule has 0 radical (unpaired) electrons. The van der Waals surface area contributed by atoms with Crippen molar-refractivity contribution in [2.75, 3.05) is 0 Å². The van der Waals surface area contributed by atoms with Gasteiger partial charge in [0.15, 0.2) is 5.60 Å². The van der Waals surface area contributed by atoms with Gasteiger partial charge in [0.05, 0.1) is 0 Å². The first kappa shape index (κ1) is 14.4. The summed E-state index contributed by atoms with van der Waals surface area (Å²) in [5, 5.41) is 11.5. The molecule has 1 aliphatic heterocycles. The van der Waals surface area contributed by atoms with Crippen LogP contribution in [0.15, 0.2) is 30.3 Å². The molecular formula is C17H23NO3. The van der Waals surface area contributed by atoms with E-state index in [0.29, 0.717) is 5.56 Å². The maximum absolute atomic E-state index is 12.4. The largest absolute Gasteiger partial charge is 0.438 e. The molecular weight excluding hydrogens is 266 g/mol. The molecule has 0 bridgehead atoms. The number of cyclic esters (lactones) is 1. The van der Waals surface area contributed by atoms with Gasteiger partial charge in [0, 0.05) is 11.6 Å². The third-order valence-corrected chi connectivity index (χ3v) is 4.84. The van der Waals surface area contributed by atoms with E-state index in [9.17, 15) is 9.90 Å². The highest BCUT2D eigenvalue weighted by atomic mass is 16.6. The minimum Gasteiger partial charge on any atom is -0.438 e. The molecule has 1 amide bonds. The Balaban J connectivity index is 2.05. The Kier molecular flexibility index (Phi) is 3.44. The number of ether oxygens (including phenoxy) is 1. The van der Waals surface area contributed by atoms with Gasteiger partial charge >= 0.3 is 6.09 Å². The van der Waals surface area contributed by atoms with Crippen molar-refractivity contribution in [2.45, 2.75) is 63.3 Å². The minimum atomic E-state index is -1.41. The van der Waals surface area contributed by atoms with Gasteiger partial charge in [-0.05, 0) is 26.7 Å². The Bertz CT molecular complexity index is 522. The number of hydrogen-bond donors (Lipinski definition) is 1. The van der Waals surface area contributed by atoms with Crippen LogP contribution in [0.1, 0.15) is 51.5 Å². The summed E-state index contributed by atoms with van der Waals surface area (Å²) in [5.41, 5.74) is -1.66. The normalized spacial score (nSPS) is 29.5. The second-order valence-electron chi connectivity index (χ2n) is 6.58. The first-order valence-electron chi connectivity index (χ1n) is 7.77. The molecule has 1 aromatic carbocycles. The molecule has 2 fully saturated rings. The molecule has 1 aliphatic carbocycles. The maximum atomic E-state index is 12.4. The number of hydrogen-bond acceptors (Lipinski definition) is 3. The molecule has 1 saturated carbocycles. The molecule has 0 aromatic heterocycles. The Morgan fingerprint density at radius 1 is 1.14 bits per heavy atom. The van der Waals surface area contributed by atoms with E-state index in [1.807, 2.05) is 30.3 Å². The number of nitrogens with zero attached hydrogens (tertiary/aromatic N) is 1. The molecule has 1 N–H and O–H groups in total. The van der Waals surface area contributed by atoms with Gasteiger partial charge in [-0.2, -0.15) is 0 Å². The fraction of sp³-hybridized carbons (Fsp3) is 0.588. The van der Waals surface area contributed by atoms with Gasteiger partial charge in [-0.3, -0.25) is 4.90 Å². The van der Waals surface area contributed by atoms with Crippen LogP contribution in [0.2, 0.25) is 0 Å². The van der Waals surface area contributed by atoms with Gasteiger partial charge in [-0.1, -0.05) is 49.6 Å². The zero-order valence-electron chi connectivity index (χ0n) is 12.7. The van der Waals surface area contributed by atoms with Crippen molar-refractivity contribution < 1.29 is 14.6 Å². The van der Waals surface area contributed by atoms with E-state index in [4.69, 9.17) is 4.74 Å². The summed E-state index contributed by atoms with van der Waals surface area (Å²) in [6, 6.07) is 9.44. The van der Waals surface area contributed by atoms with E-state index in [1.165, 1.54) is 6.42 Å². The standard InChI is InChI=1S/C17H23NO3/c1-16(2)17(20,13-9-5-3-6-10-13)18(15(19)21-16)14-11-7-4-8-12-14/h3,5-6,9-10,14,20H,4,7-8,11-12H2,1-2H3. The Hall–Kier alpha value is -1.55. The van der Waals surface area contributed by atoms with Crippen LogP contribution in [0.5, 0.6) is 0 Å². The molecule has 4 heteroatoms. The molecule has 1 aromatic rings. The lowest BCUT2D eigenvalue weighted by Gasteiger charge is -2.43. The third-order valence-electron chi connectivity index (χ3n) is 4.84. The van der Waals surface area contributed by atoms with Gasteiger partial charge < -0.3 is 9.84 Å². The molecule has 0 spiro atoms. The second-order valence-corrected chi connectivity index (χ2v) is 6.58. The van der Waals surface area contributed by atoms with Crippen LogP contribution < -0.4 is 0 Å². The number of amides is 1. The summed E-state index contributed by atoms with van der Waals surface area (Å²) in [7, 11) is 0. The quantitative estimate of drug-likeness (QED) is 0.908. The van der Waals surface area contributed by atoms with E-state index in [0.717, 1.165) is 25.7 Å². The van der Waals surface area contributed by atoms with Crippen LogP contribution in [-0.2, 0) is 10.5 Å². The first-order chi connectivity index (χ1) is 9.97. The van der Waals surface area contributed by atoms with Crippen LogP contribution in [0.4, 0.5) is 4.79 Å². The van der Waals surface area contributed by atoms with Crippen molar-refractivity contribution in [1.29, 1.82) is 0 Å². The first-order valence-corrected chi connectivity index (χ1v) is 7.77. The summed E-state index contributed by atoms with van der Waals surface area (Å²) >= 11 is 0. The van der Waals surface area contributed by atoms with Crippen molar-refractivity contribution in [2.24, 2.45) is 0 Å². The number of carbonyl (C=O) groups is 1. The van der Waals surface area contributed by atoms with Crippen molar-refractivity contribution in [3.63, 3.8) is 0 Å². The maximum Gasteiger partial charge on any atom is 0.413 e. The highest BCUT2D eigenvalue weighted by Gasteiger charge is 2.62. The third kappa shape index (κ3) is 2.13. The Morgan fingerprint density at radius 2 is 1.76 bits per heavy atom. The summed E-state index contributed by atoms with van der Waals surface area (Å²) < 4.78 is 5.52. The predicted molar refractivity (Wildman–Crippen MR) is 79.6 cm³/mol. The summed E-state index contributed by atoms with van der Waals surface area (Å²) in [5.74, 6) is 0. The molecule has 1 heterocycles. The van der Waals surface area contributed by atoms with Crippen LogP contribution in [0, 0.1) is 0 Å². The lowest BCUT2D eigenvalue weighted by Crippen LogP contribution is -2.56. The van der Waals surface area contributed by atoms with Crippen LogP contribution in [0.3, 0.4) is 0 Å². The van der Waals surface area contributed by atoms with Gasteiger partial charge in [0.2, 0.25) is 5.72 Å². The fourth-order valence-electron chi connectivity index (χ4n) is 3.67. The van der Waals surface area contributed by atoms with Crippen molar-refractivity contribution in [1.82, 2.24) is 4.90 Å². The molecule has 4 nitrogen and oxygen atoms in total. The second kappa shape index (κ2) is 5.02. The minimum absolute atomic E-state index is 0.0539. The molecule has 2 aliphatic rings. The average Bonchev–Trinajstić information content (AvgIpc) is 2.67. The van der Waals surface area contributed by atoms with Crippen molar-refractivity contribution >= 4 is 6.09 Å². The molecule has 3 rings (SSSR count). The lowest BCUT2D eigenvalue weighted by molar-refractivity contribution is -0.161. The van der Waals surface area contributed by atoms with Crippen LogP contribution in [0.25, 0.3) is 0 Å². The molecule has 1 unspecified atom stereocenters. The zero-order valence-corrected chi connectivity index (χ0v) is 12.7. The Morgan fingerprint density at radius 3 is 2.38 bits per heavy atom. The zero-order chi connectivity index (χ0) is 15.1. The molecule has 1 atom stereocenters. The smallest absolute Gasteiger partial charge is 0.413 e. The number of rotatable bonds is 2. The van der Waals surface area contributed by atoms with Crippen LogP contribution in [-0.4, -0.2) is 27.7 Å². The number of benzene rings is 1. The van der Waals surface area contributed by atoms with Gasteiger partial charge in [-0.25, -0.2) is 4.79 Å². The van der Waals surface area contributed by atoms with Crippen molar-refractivity contribution in [3.05, 3.63) is 35.9 Å². The molecule has 1 saturated heterocycles. The highest BCUT2D eigenvalue weighted by Crippen LogP contribution is 2.47. The van der Waals surface area contributed by atoms with E-state index in [-0.39, 0.29) is 6.04 Å². The Labute approximate surface area is 125 Å². The fourth-order valence-corrected chi connectivity index (χ4v) is 3.67. The number of carbonyl (C=O) groups excluding carboxylic acids is 1. The summed E-state index contributed by atoms with van der Waals surface area (Å²) in [6.07, 6.45) is 4.85. The highest BCUT2D eigenvalue weighted by molar-refractivity contribution is 5.73. The topological polar surface area (TPSA) is 49.8 Å². The summed E-state index contributed by atoms with van der Waals surface area (Å²) in [4.78, 5) is 14.0. The van der Waals surface area contributed by atoms with E-state index in [2.05, 4.69) is 0 Å². The lowest BCUT2D eigenvalue weighted by atomic mass is 9.84. The predicted octanol–water partition coefficient (Wildman–Crippen LogP) is 3.40. The van der Waals surface area contributed by atoms with Gasteiger partial charge in [0.25, 0.3) is 0 Å². The van der Waals surface area contributed by atoms with Crippen LogP contribution >= 0.6 is 0 Å². The van der Waals surface area contributed by atoms with Crippen molar-refractivity contribution in [3.8, 4) is 0 Å². The SMILES string of the molecule is CC1(C)OC(=O)N(C2CCCCC2)C1(O)c1ccccc1. The van der Waals surface area contributed by atoms with E-state index in [1.54, 1.807) is 18.7 Å². The van der Waals surface area contributed by atoms with E-state index < -0.39 is 17.4 Å². The van der Waals surface area contributed by atoms with Gasteiger partial charge in [0.1, 0.15) is 0 Å².